The number of urea groups is 1. The second kappa shape index (κ2) is 5.59. The predicted molar refractivity (Wildman–Crippen MR) is 92.2 cm³/mol. The number of amides is 3. The Morgan fingerprint density at radius 1 is 1.04 bits per heavy atom. The van der Waals surface area contributed by atoms with Gasteiger partial charge in [0.05, 0.1) is 5.41 Å². The SMILES string of the molecule is CC1(C)C(=O)Nc2ccc(NC(=O)Nc3ccc(Cl)cc3)cc21. The van der Waals surface area contributed by atoms with E-state index in [0.717, 1.165) is 11.3 Å². The van der Waals surface area contributed by atoms with Gasteiger partial charge in [-0.25, -0.2) is 4.79 Å². The molecule has 0 saturated carbocycles. The number of carbonyl (C=O) groups is 2. The van der Waals surface area contributed by atoms with Crippen molar-refractivity contribution < 1.29 is 9.59 Å². The number of halogens is 1. The molecule has 118 valence electrons. The van der Waals surface area contributed by atoms with Crippen molar-refractivity contribution in [3.05, 3.63) is 53.1 Å². The molecule has 23 heavy (non-hydrogen) atoms. The molecule has 0 aromatic heterocycles. The molecule has 5 nitrogen and oxygen atoms in total. The molecule has 3 amide bonds. The minimum absolute atomic E-state index is 0.0461. The molecule has 3 rings (SSSR count). The third kappa shape index (κ3) is 3.00. The second-order valence-electron chi connectivity index (χ2n) is 5.93. The number of nitrogens with one attached hydrogen (secondary N) is 3. The van der Waals surface area contributed by atoms with Crippen LogP contribution < -0.4 is 16.0 Å². The van der Waals surface area contributed by atoms with Crippen LogP contribution >= 0.6 is 11.6 Å². The highest BCUT2D eigenvalue weighted by atomic mass is 35.5. The minimum Gasteiger partial charge on any atom is -0.325 e. The molecule has 2 aromatic rings. The summed E-state index contributed by atoms with van der Waals surface area (Å²) in [5, 5.41) is 8.93. The Labute approximate surface area is 139 Å². The maximum Gasteiger partial charge on any atom is 0.323 e. The Kier molecular flexibility index (Phi) is 3.74. The van der Waals surface area contributed by atoms with Crippen molar-refractivity contribution in [3.63, 3.8) is 0 Å². The van der Waals surface area contributed by atoms with Crippen molar-refractivity contribution in [2.24, 2.45) is 0 Å². The monoisotopic (exact) mass is 329 g/mol. The van der Waals surface area contributed by atoms with Crippen molar-refractivity contribution in [1.82, 2.24) is 0 Å². The Hall–Kier alpha value is -2.53. The molecule has 0 saturated heterocycles. The molecule has 1 aliphatic rings. The van der Waals surface area contributed by atoms with Gasteiger partial charge < -0.3 is 16.0 Å². The molecule has 0 spiro atoms. The van der Waals surface area contributed by atoms with E-state index in [9.17, 15) is 9.59 Å². The van der Waals surface area contributed by atoms with Crippen LogP contribution in [0.25, 0.3) is 0 Å². The van der Waals surface area contributed by atoms with Gasteiger partial charge in [-0.15, -0.1) is 0 Å². The molecule has 0 unspecified atom stereocenters. The third-order valence-corrected chi connectivity index (χ3v) is 4.12. The smallest absolute Gasteiger partial charge is 0.323 e. The largest absolute Gasteiger partial charge is 0.325 e. The zero-order chi connectivity index (χ0) is 16.6. The molecule has 6 heteroatoms. The lowest BCUT2D eigenvalue weighted by atomic mass is 9.86. The summed E-state index contributed by atoms with van der Waals surface area (Å²) in [5.74, 6) is -0.0461. The van der Waals surface area contributed by atoms with Crippen LogP contribution in [0.1, 0.15) is 19.4 Å². The molecule has 0 bridgehead atoms. The molecular weight excluding hydrogens is 314 g/mol. The first-order valence-electron chi connectivity index (χ1n) is 7.16. The van der Waals surface area contributed by atoms with Crippen LogP contribution in [-0.4, -0.2) is 11.9 Å². The van der Waals surface area contributed by atoms with Crippen LogP contribution in [0.4, 0.5) is 21.9 Å². The van der Waals surface area contributed by atoms with Gasteiger partial charge in [-0.05, 0) is 61.9 Å². The van der Waals surface area contributed by atoms with Gasteiger partial charge in [-0.2, -0.15) is 0 Å². The number of rotatable bonds is 2. The van der Waals surface area contributed by atoms with E-state index in [4.69, 9.17) is 11.6 Å². The van der Waals surface area contributed by atoms with E-state index in [-0.39, 0.29) is 11.9 Å². The molecule has 1 aliphatic heterocycles. The highest BCUT2D eigenvalue weighted by molar-refractivity contribution is 6.30. The van der Waals surface area contributed by atoms with Gasteiger partial charge in [0.1, 0.15) is 0 Å². The number of hydrogen-bond donors (Lipinski definition) is 3. The van der Waals surface area contributed by atoms with Crippen molar-refractivity contribution in [2.45, 2.75) is 19.3 Å². The summed E-state index contributed by atoms with van der Waals surface area (Å²) < 4.78 is 0. The van der Waals surface area contributed by atoms with Crippen LogP contribution in [0.5, 0.6) is 0 Å². The van der Waals surface area contributed by atoms with E-state index < -0.39 is 5.41 Å². The van der Waals surface area contributed by atoms with Crippen molar-refractivity contribution in [3.8, 4) is 0 Å². The van der Waals surface area contributed by atoms with E-state index in [0.29, 0.717) is 16.4 Å². The number of fused-ring (bicyclic) bond motifs is 1. The van der Waals surface area contributed by atoms with Crippen LogP contribution in [0.3, 0.4) is 0 Å². The summed E-state index contributed by atoms with van der Waals surface area (Å²) in [6, 6.07) is 11.8. The van der Waals surface area contributed by atoms with Gasteiger partial charge in [0.25, 0.3) is 0 Å². The first-order valence-corrected chi connectivity index (χ1v) is 7.53. The summed E-state index contributed by atoms with van der Waals surface area (Å²) in [6.07, 6.45) is 0. The highest BCUT2D eigenvalue weighted by Crippen LogP contribution is 2.38. The lowest BCUT2D eigenvalue weighted by molar-refractivity contribution is -0.119. The molecule has 0 aliphatic carbocycles. The van der Waals surface area contributed by atoms with Gasteiger partial charge in [0, 0.05) is 22.1 Å². The first-order chi connectivity index (χ1) is 10.9. The molecule has 0 fully saturated rings. The topological polar surface area (TPSA) is 70.2 Å². The standard InChI is InChI=1S/C17H16ClN3O2/c1-17(2)13-9-12(7-8-14(13)21-15(17)22)20-16(23)19-11-5-3-10(18)4-6-11/h3-9H,1-2H3,(H,21,22)(H2,19,20,23). The quantitative estimate of drug-likeness (QED) is 0.772. The summed E-state index contributed by atoms with van der Waals surface area (Å²) in [4.78, 5) is 24.0. The minimum atomic E-state index is -0.611. The summed E-state index contributed by atoms with van der Waals surface area (Å²) >= 11 is 5.81. The second-order valence-corrected chi connectivity index (χ2v) is 6.36. The van der Waals surface area contributed by atoms with Crippen LogP contribution in [0, 0.1) is 0 Å². The fourth-order valence-corrected chi connectivity index (χ4v) is 2.60. The molecule has 2 aromatic carbocycles. The zero-order valence-electron chi connectivity index (χ0n) is 12.7. The summed E-state index contributed by atoms with van der Waals surface area (Å²) in [5.41, 5.74) is 2.31. The maximum atomic E-state index is 12.1. The van der Waals surface area contributed by atoms with Gasteiger partial charge >= 0.3 is 6.03 Å². The van der Waals surface area contributed by atoms with Gasteiger partial charge in [0.2, 0.25) is 5.91 Å². The van der Waals surface area contributed by atoms with E-state index in [1.54, 1.807) is 36.4 Å². The van der Waals surface area contributed by atoms with Gasteiger partial charge in [-0.3, -0.25) is 4.79 Å². The normalized spacial score (nSPS) is 14.8. The summed E-state index contributed by atoms with van der Waals surface area (Å²) in [6.45, 7) is 3.71. The van der Waals surface area contributed by atoms with Crippen molar-refractivity contribution in [1.29, 1.82) is 0 Å². The maximum absolute atomic E-state index is 12.1. The van der Waals surface area contributed by atoms with Crippen molar-refractivity contribution >= 4 is 40.6 Å². The first kappa shape index (κ1) is 15.4. The van der Waals surface area contributed by atoms with E-state index >= 15 is 0 Å². The average molecular weight is 330 g/mol. The lowest BCUT2D eigenvalue weighted by Crippen LogP contribution is -2.27. The lowest BCUT2D eigenvalue weighted by Gasteiger charge is -2.16. The van der Waals surface area contributed by atoms with Crippen LogP contribution in [-0.2, 0) is 10.2 Å². The third-order valence-electron chi connectivity index (χ3n) is 3.87. The van der Waals surface area contributed by atoms with Gasteiger partial charge in [0.15, 0.2) is 0 Å². The molecule has 3 N–H and O–H groups in total. The van der Waals surface area contributed by atoms with E-state index in [1.807, 2.05) is 19.9 Å². The van der Waals surface area contributed by atoms with Gasteiger partial charge in [-0.1, -0.05) is 11.6 Å². The predicted octanol–water partition coefficient (Wildman–Crippen LogP) is 4.21. The number of anilines is 3. The zero-order valence-corrected chi connectivity index (χ0v) is 13.5. The number of benzene rings is 2. The average Bonchev–Trinajstić information content (AvgIpc) is 2.72. The van der Waals surface area contributed by atoms with E-state index in [1.165, 1.54) is 0 Å². The Bertz CT molecular complexity index is 785. The summed E-state index contributed by atoms with van der Waals surface area (Å²) in [7, 11) is 0. The molecule has 0 radical (unpaired) electrons. The fraction of sp³-hybridized carbons (Fsp3) is 0.176. The Balaban J connectivity index is 1.74. The number of carbonyl (C=O) groups excluding carboxylic acids is 2. The Morgan fingerprint density at radius 3 is 2.35 bits per heavy atom. The van der Waals surface area contributed by atoms with E-state index in [2.05, 4.69) is 16.0 Å². The molecule has 0 atom stereocenters. The number of hydrogen-bond acceptors (Lipinski definition) is 2. The molecule has 1 heterocycles. The van der Waals surface area contributed by atoms with Crippen LogP contribution in [0.2, 0.25) is 5.02 Å². The fourth-order valence-electron chi connectivity index (χ4n) is 2.48. The van der Waals surface area contributed by atoms with Crippen molar-refractivity contribution in [2.75, 3.05) is 16.0 Å². The van der Waals surface area contributed by atoms with Crippen LogP contribution in [0.15, 0.2) is 42.5 Å². The molecular formula is C17H16ClN3O2. The highest BCUT2D eigenvalue weighted by Gasteiger charge is 2.38. The Morgan fingerprint density at radius 2 is 1.65 bits per heavy atom.